The Labute approximate surface area is 238 Å². The van der Waals surface area contributed by atoms with Gasteiger partial charge in [-0.1, -0.05) is 41.6 Å². The Morgan fingerprint density at radius 1 is 1.44 bits per heavy atom. The van der Waals surface area contributed by atoms with E-state index in [0.29, 0.717) is 4.90 Å². The first kappa shape index (κ1) is 29.2. The molecule has 14 nitrogen and oxygen atoms in total. The van der Waals surface area contributed by atoms with Crippen molar-refractivity contribution in [2.75, 3.05) is 17.2 Å². The number of amides is 2. The van der Waals surface area contributed by atoms with Gasteiger partial charge in [-0.3, -0.25) is 19.5 Å². The van der Waals surface area contributed by atoms with Gasteiger partial charge in [0, 0.05) is 39.3 Å². The summed E-state index contributed by atoms with van der Waals surface area (Å²) in [7, 11) is -3.68. The molecule has 208 valence electrons. The molecule has 4 rings (SSSR count). The van der Waals surface area contributed by atoms with Crippen LogP contribution in [0.25, 0.3) is 0 Å². The van der Waals surface area contributed by atoms with E-state index in [0.717, 1.165) is 28.0 Å². The number of aromatic nitrogens is 2. The van der Waals surface area contributed by atoms with Crippen LogP contribution in [0, 0.1) is 4.91 Å². The van der Waals surface area contributed by atoms with Crippen molar-refractivity contribution in [2.45, 2.75) is 34.7 Å². The van der Waals surface area contributed by atoms with Crippen molar-refractivity contribution < 1.29 is 27.9 Å². The zero-order valence-corrected chi connectivity index (χ0v) is 23.8. The van der Waals surface area contributed by atoms with E-state index in [2.05, 4.69) is 20.5 Å². The first-order chi connectivity index (χ1) is 18.4. The number of nitrogens with two attached hydrogens (primary N) is 2. The molecule has 0 aromatic carbocycles. The van der Waals surface area contributed by atoms with Crippen molar-refractivity contribution in [3.63, 3.8) is 0 Å². The number of fused-ring (bicyclic) bond motifs is 1. The molecular formula is C20H20ClN7O7S4. The number of aliphatic carboxylic acids is 1. The summed E-state index contributed by atoms with van der Waals surface area (Å²) in [6, 6.07) is -1.28. The molecule has 19 heteroatoms. The molecule has 0 spiro atoms. The summed E-state index contributed by atoms with van der Waals surface area (Å²) in [5.41, 5.74) is 11.3. The quantitative estimate of drug-likeness (QED) is 0.215. The standard InChI is InChI=1S/C20H20ClN7O7S4/c1-2-39(34,35)15(22)7-5-24-4-3-8(7)37-9-6-36-18-12(17(30)28(18)13(9)19(31)32)25-16(29)11(27-33)10-14(21)38-20(23)26-10/h3-5,11-12,15,18H,2,6,22H2,1H3,(H2,23,26)(H,25,29)(H,31,32)/t11?,12-,15?,18+/m1/s1. The fourth-order valence-electron chi connectivity index (χ4n) is 3.83. The number of hydrogen-bond donors (Lipinski definition) is 4. The van der Waals surface area contributed by atoms with Crippen LogP contribution >= 0.6 is 46.5 Å². The number of thioether (sulfide) groups is 2. The lowest BCUT2D eigenvalue weighted by atomic mass is 10.0. The number of carbonyl (C=O) groups is 3. The monoisotopic (exact) mass is 633 g/mol. The molecular weight excluding hydrogens is 614 g/mol. The molecule has 2 unspecified atom stereocenters. The number of anilines is 1. The summed E-state index contributed by atoms with van der Waals surface area (Å²) >= 11 is 8.99. The summed E-state index contributed by atoms with van der Waals surface area (Å²) in [4.78, 5) is 58.9. The lowest BCUT2D eigenvalue weighted by Gasteiger charge is -2.49. The number of nitrogen functional groups attached to an aromatic ring is 1. The molecule has 1 fully saturated rings. The van der Waals surface area contributed by atoms with Crippen molar-refractivity contribution >= 4 is 79.2 Å². The number of pyridine rings is 1. The summed E-state index contributed by atoms with van der Waals surface area (Å²) in [5, 5.41) is 13.0. The molecule has 0 bridgehead atoms. The topological polar surface area (TPSA) is 228 Å². The lowest BCUT2D eigenvalue weighted by molar-refractivity contribution is -0.150. The lowest BCUT2D eigenvalue weighted by Crippen LogP contribution is -2.70. The second-order valence-corrected chi connectivity index (χ2v) is 14.4. The van der Waals surface area contributed by atoms with E-state index in [1.165, 1.54) is 37.1 Å². The van der Waals surface area contributed by atoms with E-state index < -0.39 is 50.5 Å². The van der Waals surface area contributed by atoms with Crippen molar-refractivity contribution in [3.8, 4) is 0 Å². The Morgan fingerprint density at radius 2 is 2.15 bits per heavy atom. The molecule has 0 saturated carbocycles. The van der Waals surface area contributed by atoms with Crippen LogP contribution in [0.15, 0.2) is 39.1 Å². The largest absolute Gasteiger partial charge is 0.477 e. The zero-order chi connectivity index (χ0) is 28.6. The number of nitroso groups, excluding NO2 is 1. The van der Waals surface area contributed by atoms with Gasteiger partial charge in [-0.15, -0.1) is 16.7 Å². The highest BCUT2D eigenvalue weighted by Gasteiger charge is 2.55. The molecule has 2 aliphatic rings. The SMILES string of the molecule is CCS(=O)(=O)C(N)c1cnccc1SC1=C(C(=O)O)N2C(=O)[C@@H](NC(=O)C(N=O)c3nc(N)sc3Cl)[C@@H]2SC1. The Balaban J connectivity index is 1.58. The summed E-state index contributed by atoms with van der Waals surface area (Å²) in [5.74, 6) is -3.13. The van der Waals surface area contributed by atoms with Crippen LogP contribution in [0.2, 0.25) is 4.34 Å². The van der Waals surface area contributed by atoms with E-state index in [4.69, 9.17) is 23.1 Å². The molecule has 2 aromatic rings. The highest BCUT2D eigenvalue weighted by molar-refractivity contribution is 8.06. The number of carbonyl (C=O) groups excluding carboxylic acids is 2. The third-order valence-electron chi connectivity index (χ3n) is 5.81. The molecule has 0 radical (unpaired) electrons. The zero-order valence-electron chi connectivity index (χ0n) is 19.8. The van der Waals surface area contributed by atoms with Crippen molar-refractivity contribution in [2.24, 2.45) is 10.9 Å². The normalized spacial score (nSPS) is 20.6. The number of rotatable bonds is 10. The van der Waals surface area contributed by atoms with E-state index in [1.54, 1.807) is 0 Å². The summed E-state index contributed by atoms with van der Waals surface area (Å²) in [6.07, 6.45) is 2.72. The predicted octanol–water partition coefficient (Wildman–Crippen LogP) is 1.46. The summed E-state index contributed by atoms with van der Waals surface area (Å²) < 4.78 is 24.7. The van der Waals surface area contributed by atoms with Gasteiger partial charge in [0.2, 0.25) is 6.04 Å². The number of hydrogen-bond acceptors (Lipinski definition) is 14. The minimum atomic E-state index is -3.68. The molecule has 4 heterocycles. The van der Waals surface area contributed by atoms with E-state index >= 15 is 0 Å². The Hall–Kier alpha value is -2.77. The van der Waals surface area contributed by atoms with Gasteiger partial charge in [0.1, 0.15) is 32.5 Å². The van der Waals surface area contributed by atoms with Crippen LogP contribution in [0.5, 0.6) is 0 Å². The van der Waals surface area contributed by atoms with Crippen LogP contribution in [-0.2, 0) is 24.2 Å². The Morgan fingerprint density at radius 3 is 2.74 bits per heavy atom. The van der Waals surface area contributed by atoms with Gasteiger partial charge in [-0.05, 0) is 11.2 Å². The molecule has 2 aliphatic heterocycles. The third kappa shape index (κ3) is 5.48. The molecule has 1 saturated heterocycles. The highest BCUT2D eigenvalue weighted by Crippen LogP contribution is 2.46. The Bertz CT molecular complexity index is 1500. The van der Waals surface area contributed by atoms with Crippen molar-refractivity contribution in [3.05, 3.63) is 49.6 Å². The molecule has 6 N–H and O–H groups in total. The van der Waals surface area contributed by atoms with Gasteiger partial charge in [-0.2, -0.15) is 0 Å². The smallest absolute Gasteiger partial charge is 0.353 e. The van der Waals surface area contributed by atoms with Crippen LogP contribution in [0.1, 0.15) is 29.6 Å². The number of thiazole rings is 1. The highest BCUT2D eigenvalue weighted by atomic mass is 35.5. The average molecular weight is 634 g/mol. The maximum absolute atomic E-state index is 13.0. The van der Waals surface area contributed by atoms with Crippen LogP contribution in [-0.4, -0.2) is 69.1 Å². The van der Waals surface area contributed by atoms with E-state index in [-0.39, 0.29) is 42.8 Å². The maximum Gasteiger partial charge on any atom is 0.353 e. The molecule has 2 amide bonds. The van der Waals surface area contributed by atoms with Gasteiger partial charge in [0.25, 0.3) is 11.8 Å². The molecule has 39 heavy (non-hydrogen) atoms. The first-order valence-electron chi connectivity index (χ1n) is 11.0. The fraction of sp³-hybridized carbons (Fsp3) is 0.350. The fourth-order valence-corrected chi connectivity index (χ4v) is 8.42. The number of carboxylic acids is 1. The number of carboxylic acid groups (broad SMARTS) is 1. The number of nitrogens with zero attached hydrogens (tertiary/aromatic N) is 4. The number of halogens is 1. The van der Waals surface area contributed by atoms with Gasteiger partial charge >= 0.3 is 5.97 Å². The van der Waals surface area contributed by atoms with Crippen LogP contribution < -0.4 is 16.8 Å². The molecule has 4 atom stereocenters. The van der Waals surface area contributed by atoms with Gasteiger partial charge in [0.05, 0.1) is 0 Å². The van der Waals surface area contributed by atoms with E-state index in [9.17, 15) is 32.8 Å². The van der Waals surface area contributed by atoms with Gasteiger partial charge in [-0.25, -0.2) is 18.2 Å². The number of sulfone groups is 1. The minimum absolute atomic E-state index is 0.000513. The predicted molar refractivity (Wildman–Crippen MR) is 146 cm³/mol. The Kier molecular flexibility index (Phi) is 8.52. The van der Waals surface area contributed by atoms with Crippen molar-refractivity contribution in [1.29, 1.82) is 0 Å². The maximum atomic E-state index is 13.0. The van der Waals surface area contributed by atoms with E-state index in [1.807, 2.05) is 0 Å². The van der Waals surface area contributed by atoms with Gasteiger partial charge < -0.3 is 21.9 Å². The number of β-lactam (4-membered cyclic amide) rings is 1. The van der Waals surface area contributed by atoms with Crippen LogP contribution in [0.4, 0.5) is 5.13 Å². The number of nitrogens with one attached hydrogen (secondary N) is 1. The third-order valence-corrected chi connectivity index (χ3v) is 11.4. The molecule has 0 aliphatic carbocycles. The average Bonchev–Trinajstić information content (AvgIpc) is 3.24. The second kappa shape index (κ2) is 11.4. The minimum Gasteiger partial charge on any atom is -0.477 e. The van der Waals surface area contributed by atoms with Crippen molar-refractivity contribution in [1.82, 2.24) is 20.2 Å². The van der Waals surface area contributed by atoms with Crippen LogP contribution in [0.3, 0.4) is 0 Å². The second-order valence-electron chi connectivity index (χ2n) is 8.08. The first-order valence-corrected chi connectivity index (χ1v) is 15.7. The van der Waals surface area contributed by atoms with Gasteiger partial charge in [0.15, 0.2) is 15.0 Å². The molecule has 2 aromatic heterocycles. The summed E-state index contributed by atoms with van der Waals surface area (Å²) in [6.45, 7) is 1.46.